The maximum atomic E-state index is 5.97. The van der Waals surface area contributed by atoms with E-state index in [9.17, 15) is 0 Å². The van der Waals surface area contributed by atoms with Crippen molar-refractivity contribution < 1.29 is 4.74 Å². The van der Waals surface area contributed by atoms with Crippen LogP contribution in [0.1, 0.15) is 12.0 Å². The summed E-state index contributed by atoms with van der Waals surface area (Å²) in [5, 5.41) is 3.20. The van der Waals surface area contributed by atoms with E-state index in [-0.39, 0.29) is 24.0 Å². The molecule has 1 saturated heterocycles. The Morgan fingerprint density at radius 2 is 1.73 bits per heavy atom. The summed E-state index contributed by atoms with van der Waals surface area (Å²) in [6.45, 7) is 6.92. The van der Waals surface area contributed by atoms with Gasteiger partial charge in [-0.15, -0.1) is 24.0 Å². The molecule has 164 valence electrons. The smallest absolute Gasteiger partial charge is 0.188 e. The Morgan fingerprint density at radius 3 is 2.40 bits per heavy atom. The number of rotatable bonds is 9. The van der Waals surface area contributed by atoms with Gasteiger partial charge in [0.05, 0.1) is 7.11 Å². The molecule has 0 amide bonds. The van der Waals surface area contributed by atoms with E-state index in [2.05, 4.69) is 56.5 Å². The average molecular weight is 523 g/mol. The maximum absolute atomic E-state index is 5.97. The lowest BCUT2D eigenvalue weighted by Crippen LogP contribution is -2.46. The minimum Gasteiger partial charge on any atom is -0.497 e. The van der Waals surface area contributed by atoms with Crippen molar-refractivity contribution in [2.24, 2.45) is 10.7 Å². The lowest BCUT2D eigenvalue weighted by molar-refractivity contribution is 0.256. The van der Waals surface area contributed by atoms with Gasteiger partial charge in [-0.25, -0.2) is 0 Å². The van der Waals surface area contributed by atoms with Crippen LogP contribution in [0.25, 0.3) is 0 Å². The second-order valence-electron chi connectivity index (χ2n) is 7.31. The van der Waals surface area contributed by atoms with Gasteiger partial charge in [0.15, 0.2) is 5.96 Å². The normalized spacial score (nSPS) is 14.8. The van der Waals surface area contributed by atoms with Crippen molar-refractivity contribution in [3.05, 3.63) is 60.2 Å². The number of nitrogens with zero attached hydrogens (tertiary/aromatic N) is 3. The average Bonchev–Trinajstić information content (AvgIpc) is 2.78. The third-order valence-corrected chi connectivity index (χ3v) is 5.29. The molecule has 2 aromatic carbocycles. The van der Waals surface area contributed by atoms with Crippen molar-refractivity contribution in [1.29, 1.82) is 0 Å². The number of benzene rings is 2. The molecule has 0 spiro atoms. The molecule has 0 bridgehead atoms. The summed E-state index contributed by atoms with van der Waals surface area (Å²) >= 11 is 0. The maximum Gasteiger partial charge on any atom is 0.188 e. The highest BCUT2D eigenvalue weighted by Gasteiger charge is 2.16. The monoisotopic (exact) mass is 523 g/mol. The first kappa shape index (κ1) is 24.3. The number of piperazine rings is 1. The Labute approximate surface area is 197 Å². The molecule has 1 aliphatic heterocycles. The largest absolute Gasteiger partial charge is 0.497 e. The molecule has 1 aliphatic rings. The van der Waals surface area contributed by atoms with Crippen molar-refractivity contribution >= 4 is 35.6 Å². The first-order valence-corrected chi connectivity index (χ1v) is 10.4. The molecule has 0 unspecified atom stereocenters. The summed E-state index contributed by atoms with van der Waals surface area (Å²) in [4.78, 5) is 9.39. The van der Waals surface area contributed by atoms with Crippen LogP contribution in [-0.4, -0.2) is 63.8 Å². The number of guanidine groups is 1. The highest BCUT2D eigenvalue weighted by molar-refractivity contribution is 14.0. The SMILES string of the molecule is COc1ccc(N2CCN(CCCN=C(N)NCCc3ccccc3)CC2)cc1.I. The highest BCUT2D eigenvalue weighted by atomic mass is 127. The molecular weight excluding hydrogens is 489 g/mol. The lowest BCUT2D eigenvalue weighted by Gasteiger charge is -2.36. The van der Waals surface area contributed by atoms with Crippen LogP contribution < -0.4 is 20.7 Å². The Morgan fingerprint density at radius 1 is 1.03 bits per heavy atom. The van der Waals surface area contributed by atoms with Crippen molar-refractivity contribution in [2.75, 3.05) is 57.8 Å². The van der Waals surface area contributed by atoms with Crippen molar-refractivity contribution in [2.45, 2.75) is 12.8 Å². The fourth-order valence-corrected chi connectivity index (χ4v) is 3.55. The van der Waals surface area contributed by atoms with Gasteiger partial charge in [-0.05, 0) is 42.7 Å². The first-order valence-electron chi connectivity index (χ1n) is 10.4. The van der Waals surface area contributed by atoms with E-state index in [0.717, 1.165) is 64.4 Å². The van der Waals surface area contributed by atoms with E-state index in [4.69, 9.17) is 10.5 Å². The summed E-state index contributed by atoms with van der Waals surface area (Å²) in [6, 6.07) is 18.7. The van der Waals surface area contributed by atoms with Gasteiger partial charge < -0.3 is 20.7 Å². The fourth-order valence-electron chi connectivity index (χ4n) is 3.55. The second-order valence-corrected chi connectivity index (χ2v) is 7.31. The number of aliphatic imine (C=N–C) groups is 1. The van der Waals surface area contributed by atoms with Crippen LogP contribution in [0, 0.1) is 0 Å². The molecule has 30 heavy (non-hydrogen) atoms. The van der Waals surface area contributed by atoms with Crippen molar-refractivity contribution in [3.63, 3.8) is 0 Å². The van der Waals surface area contributed by atoms with E-state index in [1.54, 1.807) is 7.11 Å². The summed E-state index contributed by atoms with van der Waals surface area (Å²) in [6.07, 6.45) is 1.99. The lowest BCUT2D eigenvalue weighted by atomic mass is 10.1. The molecule has 0 radical (unpaired) electrons. The Balaban J connectivity index is 0.00000320. The van der Waals surface area contributed by atoms with Gasteiger partial charge in [0.2, 0.25) is 0 Å². The van der Waals surface area contributed by atoms with Crippen LogP contribution in [-0.2, 0) is 6.42 Å². The molecule has 3 N–H and O–H groups in total. The zero-order valence-electron chi connectivity index (χ0n) is 17.8. The van der Waals surface area contributed by atoms with Gasteiger partial charge in [0, 0.05) is 51.5 Å². The van der Waals surface area contributed by atoms with Crippen molar-refractivity contribution in [3.8, 4) is 5.75 Å². The van der Waals surface area contributed by atoms with Crippen LogP contribution >= 0.6 is 24.0 Å². The summed E-state index contributed by atoms with van der Waals surface area (Å²) in [5.41, 5.74) is 8.55. The molecule has 1 fully saturated rings. The topological polar surface area (TPSA) is 66.1 Å². The Hall–Kier alpha value is -2.00. The summed E-state index contributed by atoms with van der Waals surface area (Å²) in [7, 11) is 1.70. The van der Waals surface area contributed by atoms with E-state index in [1.165, 1.54) is 11.3 Å². The molecular formula is C23H34IN5O. The van der Waals surface area contributed by atoms with Crippen LogP contribution in [0.5, 0.6) is 5.75 Å². The number of nitrogens with one attached hydrogen (secondary N) is 1. The second kappa shape index (κ2) is 13.3. The third kappa shape index (κ3) is 8.02. The molecule has 0 aliphatic carbocycles. The molecule has 7 heteroatoms. The summed E-state index contributed by atoms with van der Waals surface area (Å²) < 4.78 is 5.24. The van der Waals surface area contributed by atoms with Gasteiger partial charge in [-0.2, -0.15) is 0 Å². The molecule has 0 saturated carbocycles. The van der Waals surface area contributed by atoms with E-state index in [1.807, 2.05) is 18.2 Å². The van der Waals surface area contributed by atoms with Crippen LogP contribution in [0.3, 0.4) is 0 Å². The molecule has 6 nitrogen and oxygen atoms in total. The molecule has 3 rings (SSSR count). The van der Waals surface area contributed by atoms with Gasteiger partial charge >= 0.3 is 0 Å². The Kier molecular flexibility index (Phi) is 10.8. The predicted octanol–water partition coefficient (Wildman–Crippen LogP) is 2.97. The van der Waals surface area contributed by atoms with Gasteiger partial charge in [-0.1, -0.05) is 30.3 Å². The third-order valence-electron chi connectivity index (χ3n) is 5.29. The zero-order valence-corrected chi connectivity index (χ0v) is 20.1. The molecule has 2 aromatic rings. The summed E-state index contributed by atoms with van der Waals surface area (Å²) in [5.74, 6) is 1.45. The number of hydrogen-bond donors (Lipinski definition) is 2. The first-order chi connectivity index (χ1) is 14.2. The standard InChI is InChI=1S/C23H33N5O.HI/c1-29-22-10-8-21(9-11-22)28-18-16-27(17-19-28)15-5-13-25-23(24)26-14-12-20-6-3-2-4-7-20;/h2-4,6-11H,5,12-19H2,1H3,(H3,24,25,26);1H. The number of anilines is 1. The highest BCUT2D eigenvalue weighted by Crippen LogP contribution is 2.20. The quantitative estimate of drug-likeness (QED) is 0.229. The van der Waals surface area contributed by atoms with Gasteiger partial charge in [0.25, 0.3) is 0 Å². The minimum atomic E-state index is 0. The van der Waals surface area contributed by atoms with Crippen LogP contribution in [0.4, 0.5) is 5.69 Å². The number of methoxy groups -OCH3 is 1. The van der Waals surface area contributed by atoms with E-state index >= 15 is 0 Å². The predicted molar refractivity (Wildman–Crippen MR) is 136 cm³/mol. The van der Waals surface area contributed by atoms with Gasteiger partial charge in [0.1, 0.15) is 5.75 Å². The number of hydrogen-bond acceptors (Lipinski definition) is 4. The molecule has 1 heterocycles. The van der Waals surface area contributed by atoms with Crippen LogP contribution in [0.15, 0.2) is 59.6 Å². The number of halogens is 1. The minimum absolute atomic E-state index is 0. The molecule has 0 aromatic heterocycles. The number of nitrogens with two attached hydrogens (primary N) is 1. The van der Waals surface area contributed by atoms with Crippen molar-refractivity contribution in [1.82, 2.24) is 10.2 Å². The number of ether oxygens (including phenoxy) is 1. The fraction of sp³-hybridized carbons (Fsp3) is 0.435. The van der Waals surface area contributed by atoms with Crippen LogP contribution in [0.2, 0.25) is 0 Å². The molecule has 0 atom stereocenters. The zero-order chi connectivity index (χ0) is 20.3. The van der Waals surface area contributed by atoms with Gasteiger partial charge in [-0.3, -0.25) is 9.89 Å². The Bertz CT molecular complexity index is 746. The van der Waals surface area contributed by atoms with E-state index < -0.39 is 0 Å². The van der Waals surface area contributed by atoms with E-state index in [0.29, 0.717) is 5.96 Å².